The van der Waals surface area contributed by atoms with Gasteiger partial charge in [-0.25, -0.2) is 9.37 Å². The molecule has 0 fully saturated rings. The topological polar surface area (TPSA) is 110 Å². The zero-order chi connectivity index (χ0) is 16.1. The highest BCUT2D eigenvalue weighted by atomic mass is 19.1. The zero-order valence-electron chi connectivity index (χ0n) is 11.7. The van der Waals surface area contributed by atoms with E-state index in [4.69, 9.17) is 10.5 Å². The van der Waals surface area contributed by atoms with Gasteiger partial charge in [-0.1, -0.05) is 0 Å². The Morgan fingerprint density at radius 1 is 1.59 bits per heavy atom. The number of nitrogens with one attached hydrogen (secondary N) is 3. The summed E-state index contributed by atoms with van der Waals surface area (Å²) in [6.45, 7) is 1.92. The predicted octanol–water partition coefficient (Wildman–Crippen LogP) is 1.10. The van der Waals surface area contributed by atoms with Gasteiger partial charge in [-0.15, -0.1) is 0 Å². The van der Waals surface area contributed by atoms with Crippen molar-refractivity contribution in [3.63, 3.8) is 0 Å². The summed E-state index contributed by atoms with van der Waals surface area (Å²) in [5.74, 6) is -2.30. The standard InChI is InChI=1S/C14H14FN5O2/c1-8-2-12(20-19-5-8)10(4-16)7-17-13(21)9-3-11(15)14(22)18-6-9/h2-6,16,20H,7H2,1H3,(H,17,21)(H,18,22)/b12-10+,16-4?. The molecule has 0 unspecified atom stereocenters. The van der Waals surface area contributed by atoms with E-state index in [9.17, 15) is 9.18 Å². The molecule has 0 saturated carbocycles. The second-order valence-electron chi connectivity index (χ2n) is 4.55. The maximum Gasteiger partial charge on any atom is 0.253 e. The molecular weight excluding hydrogens is 289 g/mol. The highest BCUT2D eigenvalue weighted by molar-refractivity contribution is 5.95. The number of hydrazone groups is 1. The second-order valence-corrected chi connectivity index (χ2v) is 4.55. The van der Waals surface area contributed by atoms with Gasteiger partial charge < -0.3 is 15.8 Å². The van der Waals surface area contributed by atoms with Crippen LogP contribution < -0.4 is 10.7 Å². The van der Waals surface area contributed by atoms with E-state index in [1.807, 2.05) is 6.92 Å². The van der Waals surface area contributed by atoms with Gasteiger partial charge in [-0.3, -0.25) is 10.2 Å². The lowest BCUT2D eigenvalue weighted by Crippen LogP contribution is -2.28. The summed E-state index contributed by atoms with van der Waals surface area (Å²) < 4.78 is 13.2. The molecular formula is C14H14FN5O2. The summed E-state index contributed by atoms with van der Waals surface area (Å²) in [6.07, 6.45) is 5.59. The van der Waals surface area contributed by atoms with E-state index >= 15 is 0 Å². The first-order chi connectivity index (χ1) is 10.5. The second kappa shape index (κ2) is 6.61. The van der Waals surface area contributed by atoms with Crippen LogP contribution in [-0.4, -0.2) is 35.0 Å². The highest BCUT2D eigenvalue weighted by Gasteiger charge is 2.12. The minimum atomic E-state index is -0.972. The number of carbonyl (C=O) groups excluding carboxylic acids is 1. The average Bonchev–Trinajstić information content (AvgIpc) is 2.50. The monoisotopic (exact) mass is 303 g/mol. The first-order valence-electron chi connectivity index (χ1n) is 6.35. The Hall–Kier alpha value is -3.03. The molecule has 1 amide bonds. The molecule has 8 heteroatoms. The molecule has 1 aliphatic rings. The molecule has 4 N–H and O–H groups in total. The summed E-state index contributed by atoms with van der Waals surface area (Å²) in [5.41, 5.74) is 4.74. The van der Waals surface area contributed by atoms with Crippen molar-refractivity contribution in [3.05, 3.63) is 46.6 Å². The van der Waals surface area contributed by atoms with E-state index in [-0.39, 0.29) is 12.1 Å². The van der Waals surface area contributed by atoms with Gasteiger partial charge in [-0.05, 0) is 24.6 Å². The van der Waals surface area contributed by atoms with Gasteiger partial charge in [0.25, 0.3) is 5.91 Å². The van der Waals surface area contributed by atoms with E-state index < -0.39 is 17.6 Å². The smallest absolute Gasteiger partial charge is 0.253 e. The minimum absolute atomic E-state index is 0.0222. The van der Waals surface area contributed by atoms with Crippen molar-refractivity contribution in [3.8, 4) is 5.88 Å². The number of hydrogen-bond donors (Lipinski definition) is 4. The molecule has 7 nitrogen and oxygen atoms in total. The number of halogens is 1. The fraction of sp³-hybridized carbons (Fsp3) is 0.143. The largest absolute Gasteiger partial charge is 0.491 e. The van der Waals surface area contributed by atoms with Crippen LogP contribution in [0.4, 0.5) is 4.39 Å². The van der Waals surface area contributed by atoms with Crippen molar-refractivity contribution < 1.29 is 14.3 Å². The number of rotatable bonds is 4. The maximum absolute atomic E-state index is 13.2. The number of hydrogen-bond acceptors (Lipinski definition) is 6. The van der Waals surface area contributed by atoms with Crippen LogP contribution in [-0.2, 0) is 0 Å². The van der Waals surface area contributed by atoms with E-state index in [1.54, 1.807) is 12.3 Å². The molecule has 0 atom stereocenters. The first-order valence-corrected chi connectivity index (χ1v) is 6.35. The molecule has 2 rings (SSSR count). The molecule has 2 heterocycles. The van der Waals surface area contributed by atoms with Crippen LogP contribution in [0, 0.1) is 11.2 Å². The molecule has 0 radical (unpaired) electrons. The molecule has 1 aromatic rings. The van der Waals surface area contributed by atoms with Crippen molar-refractivity contribution in [2.24, 2.45) is 5.10 Å². The quantitative estimate of drug-likeness (QED) is 0.624. The Kier molecular flexibility index (Phi) is 4.62. The summed E-state index contributed by atoms with van der Waals surface area (Å²) in [4.78, 5) is 15.3. The fourth-order valence-electron chi connectivity index (χ4n) is 1.72. The number of nitrogens with zero attached hydrogens (tertiary/aromatic N) is 2. The molecule has 0 aliphatic carbocycles. The summed E-state index contributed by atoms with van der Waals surface area (Å²) >= 11 is 0. The van der Waals surface area contributed by atoms with Gasteiger partial charge in [0.05, 0.1) is 17.5 Å². The molecule has 1 aromatic heterocycles. The average molecular weight is 303 g/mol. The van der Waals surface area contributed by atoms with E-state index in [1.165, 1.54) is 0 Å². The fourth-order valence-corrected chi connectivity index (χ4v) is 1.72. The van der Waals surface area contributed by atoms with Crippen LogP contribution in [0.25, 0.3) is 0 Å². The van der Waals surface area contributed by atoms with Crippen LogP contribution >= 0.6 is 0 Å². The number of pyridine rings is 1. The Balaban J connectivity index is 2.09. The summed E-state index contributed by atoms with van der Waals surface area (Å²) in [6, 6.07) is 0.891. The third kappa shape index (κ3) is 3.54. The molecule has 114 valence electrons. The van der Waals surface area contributed by atoms with E-state index in [2.05, 4.69) is 20.8 Å². The minimum Gasteiger partial charge on any atom is -0.491 e. The van der Waals surface area contributed by atoms with Gasteiger partial charge in [-0.2, -0.15) is 5.10 Å². The third-order valence-electron chi connectivity index (χ3n) is 2.87. The number of aromatic nitrogens is 1. The predicted molar refractivity (Wildman–Crippen MR) is 79.4 cm³/mol. The molecule has 0 saturated heterocycles. The number of allylic oxidation sites excluding steroid dienone is 2. The lowest BCUT2D eigenvalue weighted by Gasteiger charge is -2.13. The van der Waals surface area contributed by atoms with Crippen LogP contribution in [0.1, 0.15) is 17.3 Å². The van der Waals surface area contributed by atoms with Crippen LogP contribution in [0.3, 0.4) is 0 Å². The molecule has 22 heavy (non-hydrogen) atoms. The van der Waals surface area contributed by atoms with Crippen LogP contribution in [0.5, 0.6) is 5.88 Å². The Labute approximate surface area is 125 Å². The number of amides is 1. The van der Waals surface area contributed by atoms with Crippen molar-refractivity contribution in [2.45, 2.75) is 6.92 Å². The molecule has 1 aliphatic heterocycles. The van der Waals surface area contributed by atoms with Gasteiger partial charge in [0.15, 0.2) is 5.82 Å². The normalized spacial score (nSPS) is 15.6. The highest BCUT2D eigenvalue weighted by Crippen LogP contribution is 2.12. The van der Waals surface area contributed by atoms with Crippen molar-refractivity contribution in [2.75, 3.05) is 6.54 Å². The van der Waals surface area contributed by atoms with Gasteiger partial charge in [0, 0.05) is 24.5 Å². The van der Waals surface area contributed by atoms with E-state index in [0.29, 0.717) is 11.3 Å². The van der Waals surface area contributed by atoms with Crippen molar-refractivity contribution >= 4 is 18.3 Å². The Morgan fingerprint density at radius 3 is 3.00 bits per heavy atom. The Bertz CT molecular complexity index is 709. The summed E-state index contributed by atoms with van der Waals surface area (Å²) in [5, 5.41) is 22.9. The zero-order valence-corrected chi connectivity index (χ0v) is 11.7. The van der Waals surface area contributed by atoms with Crippen LogP contribution in [0.2, 0.25) is 0 Å². The van der Waals surface area contributed by atoms with Gasteiger partial charge in [0.1, 0.15) is 0 Å². The van der Waals surface area contributed by atoms with Crippen molar-refractivity contribution in [1.29, 1.82) is 5.41 Å². The SMILES string of the molecule is CC1=C/C(=C(/C=N)CNC(=O)c2cnc(O)c(F)c2)NN=C1. The molecule has 0 aromatic carbocycles. The lowest BCUT2D eigenvalue weighted by molar-refractivity contribution is 0.0956. The lowest BCUT2D eigenvalue weighted by atomic mass is 10.1. The van der Waals surface area contributed by atoms with Gasteiger partial charge in [0.2, 0.25) is 5.88 Å². The van der Waals surface area contributed by atoms with E-state index in [0.717, 1.165) is 24.1 Å². The molecule has 0 bridgehead atoms. The molecule has 0 spiro atoms. The number of aromatic hydroxyl groups is 1. The van der Waals surface area contributed by atoms with Gasteiger partial charge >= 0.3 is 0 Å². The summed E-state index contributed by atoms with van der Waals surface area (Å²) in [7, 11) is 0. The number of carbonyl (C=O) groups is 1. The Morgan fingerprint density at radius 2 is 2.36 bits per heavy atom. The third-order valence-corrected chi connectivity index (χ3v) is 2.87. The van der Waals surface area contributed by atoms with Crippen molar-refractivity contribution in [1.82, 2.24) is 15.7 Å². The van der Waals surface area contributed by atoms with Crippen LogP contribution in [0.15, 0.2) is 40.3 Å². The maximum atomic E-state index is 13.2. The first kappa shape index (κ1) is 15.4.